The fourth-order valence-corrected chi connectivity index (χ4v) is 4.53. The van der Waals surface area contributed by atoms with Gasteiger partial charge in [0.2, 0.25) is 5.91 Å². The molecule has 0 aliphatic carbocycles. The van der Waals surface area contributed by atoms with Crippen molar-refractivity contribution in [1.29, 1.82) is 0 Å². The maximum atomic E-state index is 13.3. The summed E-state index contributed by atoms with van der Waals surface area (Å²) in [7, 11) is 1.39. The van der Waals surface area contributed by atoms with Crippen LogP contribution >= 0.6 is 0 Å². The molecule has 9 heteroatoms. The zero-order valence-electron chi connectivity index (χ0n) is 19.7. The second-order valence-corrected chi connectivity index (χ2v) is 8.82. The van der Waals surface area contributed by atoms with Crippen LogP contribution < -0.4 is 10.9 Å². The average molecular weight is 481 g/mol. The minimum atomic E-state index is -0.692. The second-order valence-electron chi connectivity index (χ2n) is 8.82. The molecule has 0 spiro atoms. The number of amides is 2. The first-order chi connectivity index (χ1) is 16.9. The Hall–Kier alpha value is -3.75. The molecule has 1 aromatic carbocycles. The molecular formula is C26H29FN4O4. The number of carbonyl (C=O) groups is 2. The Labute approximate surface area is 202 Å². The van der Waals surface area contributed by atoms with Crippen molar-refractivity contribution >= 4 is 22.8 Å². The van der Waals surface area contributed by atoms with E-state index < -0.39 is 17.2 Å². The fourth-order valence-electron chi connectivity index (χ4n) is 4.53. The number of aryl methyl sites for hydroxylation is 1. The summed E-state index contributed by atoms with van der Waals surface area (Å²) >= 11 is 0. The summed E-state index contributed by atoms with van der Waals surface area (Å²) in [5, 5.41) is 13.1. The maximum absolute atomic E-state index is 13.3. The van der Waals surface area contributed by atoms with E-state index in [0.29, 0.717) is 37.9 Å². The second kappa shape index (κ2) is 10.7. The van der Waals surface area contributed by atoms with Crippen molar-refractivity contribution in [2.75, 3.05) is 20.1 Å². The molecule has 1 saturated heterocycles. The number of hydrogen-bond donors (Lipinski definition) is 2. The number of aromatic nitrogens is 2. The molecule has 3 aromatic rings. The zero-order chi connectivity index (χ0) is 24.9. The summed E-state index contributed by atoms with van der Waals surface area (Å²) in [5.74, 6) is -1.35. The summed E-state index contributed by atoms with van der Waals surface area (Å²) in [6.45, 7) is 1.47. The van der Waals surface area contributed by atoms with Crippen molar-refractivity contribution in [2.24, 2.45) is 0 Å². The molecule has 0 unspecified atom stereocenters. The third kappa shape index (κ3) is 5.34. The van der Waals surface area contributed by atoms with E-state index >= 15 is 0 Å². The summed E-state index contributed by atoms with van der Waals surface area (Å²) in [6.07, 6.45) is 5.98. The Bertz CT molecular complexity index is 1300. The molecule has 1 aliphatic rings. The number of hydrogen-bond acceptors (Lipinski definition) is 5. The quantitative estimate of drug-likeness (QED) is 0.541. The monoisotopic (exact) mass is 480 g/mol. The van der Waals surface area contributed by atoms with Gasteiger partial charge in [0.05, 0.1) is 5.52 Å². The van der Waals surface area contributed by atoms with Gasteiger partial charge >= 0.3 is 0 Å². The smallest absolute Gasteiger partial charge is 0.267 e. The Morgan fingerprint density at radius 1 is 1.11 bits per heavy atom. The summed E-state index contributed by atoms with van der Waals surface area (Å²) < 4.78 is 14.7. The van der Waals surface area contributed by atoms with E-state index in [1.54, 1.807) is 24.4 Å². The molecule has 8 nitrogen and oxygen atoms in total. The lowest BCUT2D eigenvalue weighted by Gasteiger charge is -2.21. The van der Waals surface area contributed by atoms with Crippen molar-refractivity contribution in [3.8, 4) is 5.75 Å². The van der Waals surface area contributed by atoms with Crippen LogP contribution in [0.25, 0.3) is 11.0 Å². The van der Waals surface area contributed by atoms with Gasteiger partial charge in [-0.15, -0.1) is 0 Å². The third-order valence-electron chi connectivity index (χ3n) is 6.39. The minimum absolute atomic E-state index is 0.125. The van der Waals surface area contributed by atoms with Crippen molar-refractivity contribution in [1.82, 2.24) is 19.8 Å². The molecule has 2 aromatic heterocycles. The molecular weight excluding hydrogens is 451 g/mol. The van der Waals surface area contributed by atoms with Crippen LogP contribution in [-0.4, -0.2) is 51.5 Å². The van der Waals surface area contributed by atoms with Crippen LogP contribution in [0.1, 0.15) is 53.6 Å². The number of carbonyl (C=O) groups excluding carboxylic acids is 2. The SMILES string of the molecule is CNC(=O)c1c(O)c2ncc(Cc3ccc(F)cc3)cc2n(CCCN2CCCCCC2=O)c1=O. The summed E-state index contributed by atoms with van der Waals surface area (Å²) in [5.41, 5.74) is 1.22. The zero-order valence-corrected chi connectivity index (χ0v) is 19.7. The van der Waals surface area contributed by atoms with E-state index in [9.17, 15) is 23.9 Å². The highest BCUT2D eigenvalue weighted by Gasteiger charge is 2.23. The first kappa shape index (κ1) is 24.4. The van der Waals surface area contributed by atoms with Crippen LogP contribution in [0.5, 0.6) is 5.75 Å². The molecule has 184 valence electrons. The summed E-state index contributed by atoms with van der Waals surface area (Å²) in [4.78, 5) is 44.2. The van der Waals surface area contributed by atoms with Crippen LogP contribution in [0.2, 0.25) is 0 Å². The number of rotatable bonds is 7. The van der Waals surface area contributed by atoms with Gasteiger partial charge in [0.15, 0.2) is 5.75 Å². The predicted octanol–water partition coefficient (Wildman–Crippen LogP) is 2.98. The molecule has 0 atom stereocenters. The van der Waals surface area contributed by atoms with Gasteiger partial charge in [-0.1, -0.05) is 18.6 Å². The number of pyridine rings is 2. The fraction of sp³-hybridized carbons (Fsp3) is 0.385. The van der Waals surface area contributed by atoms with Gasteiger partial charge in [-0.3, -0.25) is 19.4 Å². The van der Waals surface area contributed by atoms with E-state index in [0.717, 1.165) is 30.4 Å². The molecule has 0 radical (unpaired) electrons. The highest BCUT2D eigenvalue weighted by Crippen LogP contribution is 2.26. The van der Waals surface area contributed by atoms with Gasteiger partial charge in [0.25, 0.3) is 11.5 Å². The van der Waals surface area contributed by atoms with E-state index in [4.69, 9.17) is 0 Å². The van der Waals surface area contributed by atoms with Crippen molar-refractivity contribution in [2.45, 2.75) is 45.1 Å². The molecule has 3 heterocycles. The van der Waals surface area contributed by atoms with Crippen LogP contribution in [0.15, 0.2) is 41.3 Å². The van der Waals surface area contributed by atoms with Crippen LogP contribution in [0.4, 0.5) is 4.39 Å². The first-order valence-electron chi connectivity index (χ1n) is 11.9. The molecule has 4 rings (SSSR count). The predicted molar refractivity (Wildman–Crippen MR) is 130 cm³/mol. The number of halogens is 1. The Kier molecular flexibility index (Phi) is 7.43. The van der Waals surface area contributed by atoms with Crippen LogP contribution in [0.3, 0.4) is 0 Å². The van der Waals surface area contributed by atoms with Gasteiger partial charge in [-0.25, -0.2) is 4.39 Å². The van der Waals surface area contributed by atoms with Crippen molar-refractivity contribution in [3.05, 3.63) is 69.4 Å². The summed E-state index contributed by atoms with van der Waals surface area (Å²) in [6, 6.07) is 7.88. The largest absolute Gasteiger partial charge is 0.505 e. The normalized spacial score (nSPS) is 14.2. The first-order valence-corrected chi connectivity index (χ1v) is 11.9. The molecule has 1 aliphatic heterocycles. The molecule has 0 bridgehead atoms. The average Bonchev–Trinajstić information content (AvgIpc) is 3.06. The van der Waals surface area contributed by atoms with Gasteiger partial charge < -0.3 is 19.9 Å². The van der Waals surface area contributed by atoms with Gasteiger partial charge in [-0.2, -0.15) is 0 Å². The number of nitrogens with zero attached hydrogens (tertiary/aromatic N) is 3. The highest BCUT2D eigenvalue weighted by atomic mass is 19.1. The number of benzene rings is 1. The lowest BCUT2D eigenvalue weighted by molar-refractivity contribution is -0.130. The van der Waals surface area contributed by atoms with Gasteiger partial charge in [-0.05, 0) is 55.0 Å². The van der Waals surface area contributed by atoms with Gasteiger partial charge in [0, 0.05) is 39.3 Å². The third-order valence-corrected chi connectivity index (χ3v) is 6.39. The number of aromatic hydroxyl groups is 1. The standard InChI is InChI=1S/C26H29FN4O4/c1-28-25(34)22-24(33)23-20(15-18(16-29-23)14-17-7-9-19(27)10-8-17)31(26(22)35)13-5-12-30-11-4-2-3-6-21(30)32/h7-10,15-16,33H,2-6,11-14H2,1H3,(H,28,34). The topological polar surface area (TPSA) is 105 Å². The van der Waals surface area contributed by atoms with Crippen molar-refractivity contribution in [3.63, 3.8) is 0 Å². The van der Waals surface area contributed by atoms with Gasteiger partial charge in [0.1, 0.15) is 16.9 Å². The maximum Gasteiger partial charge on any atom is 0.267 e. The Morgan fingerprint density at radius 2 is 1.89 bits per heavy atom. The number of nitrogens with one attached hydrogen (secondary N) is 1. The lowest BCUT2D eigenvalue weighted by Crippen LogP contribution is -2.34. The van der Waals surface area contributed by atoms with E-state index in [1.807, 2.05) is 4.90 Å². The Balaban J connectivity index is 1.69. The van der Waals surface area contributed by atoms with E-state index in [-0.39, 0.29) is 29.3 Å². The molecule has 0 saturated carbocycles. The number of likely N-dealkylation sites (tertiary alicyclic amines) is 1. The lowest BCUT2D eigenvalue weighted by atomic mass is 10.1. The van der Waals surface area contributed by atoms with Crippen molar-refractivity contribution < 1.29 is 19.1 Å². The van der Waals surface area contributed by atoms with Crippen LogP contribution in [-0.2, 0) is 17.8 Å². The molecule has 35 heavy (non-hydrogen) atoms. The van der Waals surface area contributed by atoms with E-state index in [1.165, 1.54) is 23.7 Å². The number of fused-ring (bicyclic) bond motifs is 1. The Morgan fingerprint density at radius 3 is 2.63 bits per heavy atom. The highest BCUT2D eigenvalue weighted by molar-refractivity contribution is 6.01. The van der Waals surface area contributed by atoms with Crippen LogP contribution in [0, 0.1) is 5.82 Å². The molecule has 2 N–H and O–H groups in total. The van der Waals surface area contributed by atoms with E-state index in [2.05, 4.69) is 10.3 Å². The minimum Gasteiger partial charge on any atom is -0.505 e. The molecule has 2 amide bonds. The molecule has 1 fully saturated rings.